The third-order valence-corrected chi connectivity index (χ3v) is 7.49. The second-order valence-electron chi connectivity index (χ2n) is 8.07. The molecular weight excluding hydrogens is 460 g/mol. The van der Waals surface area contributed by atoms with Gasteiger partial charge in [-0.3, -0.25) is 0 Å². The molecule has 176 valence electrons. The summed E-state index contributed by atoms with van der Waals surface area (Å²) in [5.74, 6) is -0.823. The molecule has 0 bridgehead atoms. The van der Waals surface area contributed by atoms with Gasteiger partial charge in [-0.15, -0.1) is 0 Å². The van der Waals surface area contributed by atoms with Gasteiger partial charge in [-0.05, 0) is 47.9 Å². The summed E-state index contributed by atoms with van der Waals surface area (Å²) in [7, 11) is -2.16. The van der Waals surface area contributed by atoms with E-state index < -0.39 is 27.6 Å². The topological polar surface area (TPSA) is 67.2 Å². The number of benzene rings is 2. The van der Waals surface area contributed by atoms with Crippen molar-refractivity contribution in [3.05, 3.63) is 78.0 Å². The Morgan fingerprint density at radius 3 is 2.30 bits per heavy atom. The number of hydrogen-bond acceptors (Lipinski definition) is 4. The molecule has 0 amide bonds. The van der Waals surface area contributed by atoms with E-state index in [1.54, 1.807) is 23.7 Å². The lowest BCUT2D eigenvalue weighted by atomic mass is 9.89. The second-order valence-corrected chi connectivity index (χ2v) is 9.96. The Morgan fingerprint density at radius 1 is 1.06 bits per heavy atom. The number of imidazole rings is 1. The number of aryl methyl sites for hydroxylation is 1. The maximum atomic E-state index is 13.4. The molecule has 2 atom stereocenters. The van der Waals surface area contributed by atoms with E-state index in [2.05, 4.69) is 10.3 Å². The van der Waals surface area contributed by atoms with Gasteiger partial charge in [0, 0.05) is 44.5 Å². The molecule has 4 rings (SSSR count). The standard InChI is InChI=1S/C22H22F4N4O2S/c1-29-13-21(28-14-29)33(31,32)30-11-16(20(12-30)15-2-6-18(23)7-3-15)10-27-19-8-4-17(5-9-19)22(24,25)26/h2-9,13-14,16,20,27H,10-12H2,1H3/t16-,20+/m1/s1. The summed E-state index contributed by atoms with van der Waals surface area (Å²) in [4.78, 5) is 3.96. The predicted molar refractivity (Wildman–Crippen MR) is 115 cm³/mol. The summed E-state index contributed by atoms with van der Waals surface area (Å²) in [6.07, 6.45) is -1.59. The van der Waals surface area contributed by atoms with E-state index in [1.165, 1.54) is 41.1 Å². The van der Waals surface area contributed by atoms with Gasteiger partial charge in [0.1, 0.15) is 5.82 Å². The van der Waals surface area contributed by atoms with Crippen LogP contribution < -0.4 is 5.32 Å². The fourth-order valence-electron chi connectivity index (χ4n) is 4.00. The lowest BCUT2D eigenvalue weighted by Gasteiger charge is -2.20. The van der Waals surface area contributed by atoms with E-state index in [0.29, 0.717) is 12.2 Å². The highest BCUT2D eigenvalue weighted by Crippen LogP contribution is 2.36. The Balaban J connectivity index is 1.55. The van der Waals surface area contributed by atoms with E-state index in [4.69, 9.17) is 0 Å². The summed E-state index contributed by atoms with van der Waals surface area (Å²) >= 11 is 0. The highest BCUT2D eigenvalue weighted by Gasteiger charge is 2.40. The molecule has 2 aromatic carbocycles. The largest absolute Gasteiger partial charge is 0.416 e. The first-order chi connectivity index (χ1) is 15.5. The number of nitrogens with zero attached hydrogens (tertiary/aromatic N) is 3. The smallest absolute Gasteiger partial charge is 0.385 e. The first kappa shape index (κ1) is 23.2. The molecule has 1 aliphatic rings. The van der Waals surface area contributed by atoms with Crippen LogP contribution in [0.4, 0.5) is 23.2 Å². The van der Waals surface area contributed by atoms with Crippen molar-refractivity contribution < 1.29 is 26.0 Å². The zero-order valence-corrected chi connectivity index (χ0v) is 18.4. The van der Waals surface area contributed by atoms with E-state index in [0.717, 1.165) is 17.7 Å². The molecule has 1 N–H and O–H groups in total. The number of halogens is 4. The van der Waals surface area contributed by atoms with Crippen LogP contribution >= 0.6 is 0 Å². The average Bonchev–Trinajstić information content (AvgIpc) is 3.40. The van der Waals surface area contributed by atoms with Gasteiger partial charge in [0.15, 0.2) is 5.03 Å². The molecule has 1 fully saturated rings. The molecule has 33 heavy (non-hydrogen) atoms. The van der Waals surface area contributed by atoms with Crippen molar-refractivity contribution in [2.24, 2.45) is 13.0 Å². The fourth-order valence-corrected chi connectivity index (χ4v) is 5.49. The van der Waals surface area contributed by atoms with Crippen LogP contribution in [0.15, 0.2) is 66.1 Å². The number of anilines is 1. The monoisotopic (exact) mass is 482 g/mol. The number of nitrogens with one attached hydrogen (secondary N) is 1. The van der Waals surface area contributed by atoms with Gasteiger partial charge in [0.05, 0.1) is 11.9 Å². The first-order valence-electron chi connectivity index (χ1n) is 10.2. The number of rotatable bonds is 6. The minimum absolute atomic E-state index is 0.0563. The Bertz CT molecular complexity index is 1210. The van der Waals surface area contributed by atoms with E-state index >= 15 is 0 Å². The number of alkyl halides is 3. The molecule has 1 aliphatic heterocycles. The molecule has 1 aromatic heterocycles. The lowest BCUT2D eigenvalue weighted by Crippen LogP contribution is -2.30. The van der Waals surface area contributed by atoms with Crippen molar-refractivity contribution >= 4 is 15.7 Å². The van der Waals surface area contributed by atoms with Crippen LogP contribution in [0.3, 0.4) is 0 Å². The van der Waals surface area contributed by atoms with E-state index in [-0.39, 0.29) is 30.0 Å². The molecule has 2 heterocycles. The zero-order chi connectivity index (χ0) is 23.8. The predicted octanol–water partition coefficient (Wildman–Crippen LogP) is 4.09. The molecule has 3 aromatic rings. The number of hydrogen-bond donors (Lipinski definition) is 1. The molecule has 0 radical (unpaired) electrons. The van der Waals surface area contributed by atoms with E-state index in [9.17, 15) is 26.0 Å². The minimum Gasteiger partial charge on any atom is -0.385 e. The van der Waals surface area contributed by atoms with E-state index in [1.807, 2.05) is 0 Å². The SMILES string of the molecule is Cn1cnc(S(=O)(=O)N2C[C@@H](CNc3ccc(C(F)(F)F)cc3)[C@H](c3ccc(F)cc3)C2)c1. The minimum atomic E-state index is -4.42. The quantitative estimate of drug-likeness (QED) is 0.538. The van der Waals surface area contributed by atoms with Crippen LogP contribution in [0, 0.1) is 11.7 Å². The van der Waals surface area contributed by atoms with Crippen LogP contribution in [0.25, 0.3) is 0 Å². The summed E-state index contributed by atoms with van der Waals surface area (Å²) in [5, 5.41) is 3.05. The van der Waals surface area contributed by atoms with Gasteiger partial charge < -0.3 is 9.88 Å². The second kappa shape index (κ2) is 8.79. The summed E-state index contributed by atoms with van der Waals surface area (Å²) < 4.78 is 80.9. The Hall–Kier alpha value is -2.92. The van der Waals surface area contributed by atoms with Crippen molar-refractivity contribution in [3.8, 4) is 0 Å². The van der Waals surface area contributed by atoms with Gasteiger partial charge in [0.2, 0.25) is 0 Å². The normalized spacial score (nSPS) is 19.7. The summed E-state index contributed by atoms with van der Waals surface area (Å²) in [5.41, 5.74) is 0.534. The van der Waals surface area contributed by atoms with Crippen LogP contribution in [0.2, 0.25) is 0 Å². The highest BCUT2D eigenvalue weighted by atomic mass is 32.2. The summed E-state index contributed by atoms with van der Waals surface area (Å²) in [6, 6.07) is 10.6. The third kappa shape index (κ3) is 5.03. The molecule has 11 heteroatoms. The van der Waals surface area contributed by atoms with Crippen molar-refractivity contribution in [1.82, 2.24) is 13.9 Å². The Labute approximate surface area is 188 Å². The average molecular weight is 483 g/mol. The molecule has 0 saturated carbocycles. The van der Waals surface area contributed by atoms with Crippen molar-refractivity contribution in [2.75, 3.05) is 25.0 Å². The maximum Gasteiger partial charge on any atom is 0.416 e. The van der Waals surface area contributed by atoms with Gasteiger partial charge in [-0.25, -0.2) is 17.8 Å². The highest BCUT2D eigenvalue weighted by molar-refractivity contribution is 7.89. The van der Waals surface area contributed by atoms with Gasteiger partial charge in [0.25, 0.3) is 10.0 Å². The van der Waals surface area contributed by atoms with Gasteiger partial charge >= 0.3 is 6.18 Å². The first-order valence-corrected chi connectivity index (χ1v) is 11.6. The van der Waals surface area contributed by atoms with Crippen molar-refractivity contribution in [2.45, 2.75) is 17.1 Å². The number of aromatic nitrogens is 2. The molecular formula is C22H22F4N4O2S. The van der Waals surface area contributed by atoms with Crippen LogP contribution in [-0.2, 0) is 23.2 Å². The van der Waals surface area contributed by atoms with Crippen molar-refractivity contribution in [3.63, 3.8) is 0 Å². The maximum absolute atomic E-state index is 13.4. The van der Waals surface area contributed by atoms with Gasteiger partial charge in [-0.1, -0.05) is 12.1 Å². The van der Waals surface area contributed by atoms with Gasteiger partial charge in [-0.2, -0.15) is 17.5 Å². The fraction of sp³-hybridized carbons (Fsp3) is 0.318. The molecule has 0 spiro atoms. The summed E-state index contributed by atoms with van der Waals surface area (Å²) in [6.45, 7) is 0.695. The third-order valence-electron chi connectivity index (χ3n) is 5.77. The lowest BCUT2D eigenvalue weighted by molar-refractivity contribution is -0.137. The molecule has 1 saturated heterocycles. The number of sulfonamides is 1. The Morgan fingerprint density at radius 2 is 1.73 bits per heavy atom. The zero-order valence-electron chi connectivity index (χ0n) is 17.6. The van der Waals surface area contributed by atoms with Crippen LogP contribution in [0.5, 0.6) is 0 Å². The van der Waals surface area contributed by atoms with Crippen LogP contribution in [0.1, 0.15) is 17.0 Å². The molecule has 0 unspecified atom stereocenters. The van der Waals surface area contributed by atoms with Crippen LogP contribution in [-0.4, -0.2) is 41.9 Å². The molecule has 0 aliphatic carbocycles. The van der Waals surface area contributed by atoms with Crippen molar-refractivity contribution in [1.29, 1.82) is 0 Å². The molecule has 6 nitrogen and oxygen atoms in total. The Kier molecular flexibility index (Phi) is 6.19.